The molecule has 4 aromatic rings. The van der Waals surface area contributed by atoms with Gasteiger partial charge in [0.2, 0.25) is 0 Å². The standard InChI is InChI=1S/C26H17BrN2O4/c1-16-2-12-22-23-13-7-19(27)15-25(23)26(24(22)14-16,17-3-8-20(9-4-17)28(30)31)18-5-10-21(11-6-18)29(32)33/h2-15H,1H3. The lowest BCUT2D eigenvalue weighted by atomic mass is 9.67. The molecule has 6 nitrogen and oxygen atoms in total. The van der Waals surface area contributed by atoms with Crippen LogP contribution in [0.4, 0.5) is 11.4 Å². The van der Waals surface area contributed by atoms with Crippen molar-refractivity contribution in [2.75, 3.05) is 0 Å². The fourth-order valence-electron chi connectivity index (χ4n) is 4.86. The van der Waals surface area contributed by atoms with Gasteiger partial charge in [-0.3, -0.25) is 20.2 Å². The van der Waals surface area contributed by atoms with Crippen LogP contribution in [0.5, 0.6) is 0 Å². The number of hydrogen-bond acceptors (Lipinski definition) is 4. The van der Waals surface area contributed by atoms with Crippen molar-refractivity contribution < 1.29 is 9.85 Å². The first-order chi connectivity index (χ1) is 15.8. The topological polar surface area (TPSA) is 86.3 Å². The number of nitrogens with zero attached hydrogens (tertiary/aromatic N) is 2. The van der Waals surface area contributed by atoms with Crippen molar-refractivity contribution in [3.63, 3.8) is 0 Å². The Balaban J connectivity index is 1.90. The van der Waals surface area contributed by atoms with E-state index in [0.717, 1.165) is 43.4 Å². The molecular formula is C26H17BrN2O4. The minimum Gasteiger partial charge on any atom is -0.258 e. The van der Waals surface area contributed by atoms with E-state index in [9.17, 15) is 20.2 Å². The van der Waals surface area contributed by atoms with Crippen molar-refractivity contribution in [1.29, 1.82) is 0 Å². The SMILES string of the molecule is Cc1ccc2c(c1)C(c1ccc([N+](=O)[O-])cc1)(c1ccc([N+](=O)[O-])cc1)c1cc(Br)ccc1-2. The van der Waals surface area contributed by atoms with Crippen LogP contribution in [-0.4, -0.2) is 9.85 Å². The molecule has 4 aromatic carbocycles. The minimum atomic E-state index is -0.787. The first-order valence-electron chi connectivity index (χ1n) is 10.2. The van der Waals surface area contributed by atoms with Gasteiger partial charge in [-0.2, -0.15) is 0 Å². The minimum absolute atomic E-state index is 0.00882. The highest BCUT2D eigenvalue weighted by Gasteiger charge is 2.46. The van der Waals surface area contributed by atoms with Gasteiger partial charge in [0.25, 0.3) is 11.4 Å². The summed E-state index contributed by atoms with van der Waals surface area (Å²) in [6, 6.07) is 25.6. The smallest absolute Gasteiger partial charge is 0.258 e. The largest absolute Gasteiger partial charge is 0.269 e. The zero-order valence-electron chi connectivity index (χ0n) is 17.5. The van der Waals surface area contributed by atoms with E-state index in [0.29, 0.717) is 0 Å². The molecule has 0 unspecified atom stereocenters. The van der Waals surface area contributed by atoms with Crippen LogP contribution < -0.4 is 0 Å². The van der Waals surface area contributed by atoms with E-state index in [4.69, 9.17) is 0 Å². The lowest BCUT2D eigenvalue weighted by Gasteiger charge is -2.34. The van der Waals surface area contributed by atoms with Crippen molar-refractivity contribution in [2.45, 2.75) is 12.3 Å². The van der Waals surface area contributed by atoms with Gasteiger partial charge >= 0.3 is 0 Å². The second-order valence-electron chi connectivity index (χ2n) is 8.10. The molecule has 162 valence electrons. The highest BCUT2D eigenvalue weighted by atomic mass is 79.9. The fraction of sp³-hybridized carbons (Fsp3) is 0.0769. The van der Waals surface area contributed by atoms with Crippen LogP contribution in [0.2, 0.25) is 0 Å². The zero-order chi connectivity index (χ0) is 23.3. The summed E-state index contributed by atoms with van der Waals surface area (Å²) in [6.07, 6.45) is 0. The van der Waals surface area contributed by atoms with E-state index in [2.05, 4.69) is 46.3 Å². The van der Waals surface area contributed by atoms with Crippen LogP contribution in [0.1, 0.15) is 27.8 Å². The molecule has 0 aromatic heterocycles. The number of aryl methyl sites for hydroxylation is 1. The molecule has 0 saturated heterocycles. The third-order valence-electron chi connectivity index (χ3n) is 6.28. The maximum Gasteiger partial charge on any atom is 0.269 e. The summed E-state index contributed by atoms with van der Waals surface area (Å²) < 4.78 is 0.902. The molecule has 0 saturated carbocycles. The maximum absolute atomic E-state index is 11.3. The average Bonchev–Trinajstić information content (AvgIpc) is 3.08. The number of fused-ring (bicyclic) bond motifs is 3. The highest BCUT2D eigenvalue weighted by molar-refractivity contribution is 9.10. The third-order valence-corrected chi connectivity index (χ3v) is 6.77. The number of benzene rings is 4. The third kappa shape index (κ3) is 3.15. The van der Waals surface area contributed by atoms with E-state index in [1.54, 1.807) is 24.3 Å². The number of non-ortho nitro benzene ring substituents is 2. The Labute approximate surface area is 198 Å². The van der Waals surface area contributed by atoms with Crippen molar-refractivity contribution in [1.82, 2.24) is 0 Å². The Morgan fingerprint density at radius 3 is 1.61 bits per heavy atom. The highest BCUT2D eigenvalue weighted by Crippen LogP contribution is 2.57. The summed E-state index contributed by atoms with van der Waals surface area (Å²) in [7, 11) is 0. The molecule has 0 spiro atoms. The van der Waals surface area contributed by atoms with Gasteiger partial charge in [-0.1, -0.05) is 70.0 Å². The van der Waals surface area contributed by atoms with Crippen molar-refractivity contribution in [3.05, 3.63) is 137 Å². The first kappa shape index (κ1) is 21.0. The Hall–Kier alpha value is -3.84. The van der Waals surface area contributed by atoms with Gasteiger partial charge in [-0.05, 0) is 52.4 Å². The predicted octanol–water partition coefficient (Wildman–Crippen LogP) is 6.94. The lowest BCUT2D eigenvalue weighted by Crippen LogP contribution is -2.28. The summed E-state index contributed by atoms with van der Waals surface area (Å²) in [5.41, 5.74) is 6.20. The van der Waals surface area contributed by atoms with Crippen LogP contribution >= 0.6 is 15.9 Å². The number of nitro groups is 2. The molecule has 7 heteroatoms. The normalized spacial score (nSPS) is 13.3. The van der Waals surface area contributed by atoms with Crippen LogP contribution in [0.3, 0.4) is 0 Å². The van der Waals surface area contributed by atoms with Gasteiger partial charge in [0.1, 0.15) is 0 Å². The molecule has 0 atom stereocenters. The van der Waals surface area contributed by atoms with Gasteiger partial charge in [-0.25, -0.2) is 0 Å². The zero-order valence-corrected chi connectivity index (χ0v) is 19.1. The Kier molecular flexibility index (Phi) is 4.87. The Bertz CT molecular complexity index is 1320. The molecule has 0 heterocycles. The molecular weight excluding hydrogens is 484 g/mol. The summed E-state index contributed by atoms with van der Waals surface area (Å²) in [6.45, 7) is 2.02. The van der Waals surface area contributed by atoms with Crippen LogP contribution in [0.25, 0.3) is 11.1 Å². The number of rotatable bonds is 4. The van der Waals surface area contributed by atoms with Crippen LogP contribution in [-0.2, 0) is 5.41 Å². The van der Waals surface area contributed by atoms with E-state index < -0.39 is 15.3 Å². The van der Waals surface area contributed by atoms with Crippen molar-refractivity contribution in [2.24, 2.45) is 0 Å². The van der Waals surface area contributed by atoms with E-state index >= 15 is 0 Å². The molecule has 0 N–H and O–H groups in total. The van der Waals surface area contributed by atoms with Gasteiger partial charge in [0, 0.05) is 28.7 Å². The number of halogens is 1. The fourth-order valence-corrected chi connectivity index (χ4v) is 5.23. The van der Waals surface area contributed by atoms with Crippen molar-refractivity contribution >= 4 is 27.3 Å². The Morgan fingerprint density at radius 1 is 0.667 bits per heavy atom. The van der Waals surface area contributed by atoms with Crippen molar-refractivity contribution in [3.8, 4) is 11.1 Å². The number of hydrogen-bond donors (Lipinski definition) is 0. The molecule has 1 aliphatic rings. The molecule has 0 bridgehead atoms. The van der Waals surface area contributed by atoms with E-state index in [1.807, 2.05) is 13.0 Å². The van der Waals surface area contributed by atoms with Crippen LogP contribution in [0, 0.1) is 27.2 Å². The Morgan fingerprint density at radius 2 is 1.12 bits per heavy atom. The first-order valence-corrected chi connectivity index (χ1v) is 11.0. The second-order valence-corrected chi connectivity index (χ2v) is 9.01. The molecule has 0 radical (unpaired) electrons. The molecule has 0 fully saturated rings. The van der Waals surface area contributed by atoms with Crippen LogP contribution in [0.15, 0.2) is 89.4 Å². The summed E-state index contributed by atoms with van der Waals surface area (Å²) in [5, 5.41) is 22.6. The van der Waals surface area contributed by atoms with Gasteiger partial charge < -0.3 is 0 Å². The van der Waals surface area contributed by atoms with Gasteiger partial charge in [0.05, 0.1) is 15.3 Å². The second kappa shape index (κ2) is 7.64. The summed E-state index contributed by atoms with van der Waals surface area (Å²) in [5.74, 6) is 0. The molecule has 0 amide bonds. The lowest BCUT2D eigenvalue weighted by molar-refractivity contribution is -0.385. The van der Waals surface area contributed by atoms with E-state index in [-0.39, 0.29) is 11.4 Å². The predicted molar refractivity (Wildman–Crippen MR) is 129 cm³/mol. The summed E-state index contributed by atoms with van der Waals surface area (Å²) >= 11 is 3.60. The molecule has 0 aliphatic heterocycles. The summed E-state index contributed by atoms with van der Waals surface area (Å²) in [4.78, 5) is 21.8. The molecule has 1 aliphatic carbocycles. The maximum atomic E-state index is 11.3. The van der Waals surface area contributed by atoms with E-state index in [1.165, 1.54) is 24.3 Å². The van der Waals surface area contributed by atoms with Gasteiger partial charge in [-0.15, -0.1) is 0 Å². The van der Waals surface area contributed by atoms with Gasteiger partial charge in [0.15, 0.2) is 0 Å². The molecule has 33 heavy (non-hydrogen) atoms. The quantitative estimate of drug-likeness (QED) is 0.197. The number of nitro benzene ring substituents is 2. The molecule has 5 rings (SSSR count). The monoisotopic (exact) mass is 500 g/mol. The average molecular weight is 501 g/mol.